The summed E-state index contributed by atoms with van der Waals surface area (Å²) in [5.74, 6) is -1.02. The summed E-state index contributed by atoms with van der Waals surface area (Å²) in [5, 5.41) is 10.2. The lowest BCUT2D eigenvalue weighted by atomic mass is 10.1. The molecule has 6 nitrogen and oxygen atoms in total. The van der Waals surface area contributed by atoms with Crippen molar-refractivity contribution < 1.29 is 28.8 Å². The highest BCUT2D eigenvalue weighted by molar-refractivity contribution is 5.97. The Balaban J connectivity index is 1.99. The van der Waals surface area contributed by atoms with Crippen molar-refractivity contribution in [3.05, 3.63) is 54.6 Å². The van der Waals surface area contributed by atoms with E-state index in [4.69, 9.17) is 18.9 Å². The van der Waals surface area contributed by atoms with Crippen molar-refractivity contribution in [3.63, 3.8) is 0 Å². The number of phenols is 1. The molecule has 1 aliphatic heterocycles. The molecule has 1 aliphatic rings. The van der Waals surface area contributed by atoms with Crippen LogP contribution in [0.5, 0.6) is 11.5 Å². The second-order valence-corrected chi connectivity index (χ2v) is 7.70. The molecule has 0 amide bonds. The van der Waals surface area contributed by atoms with Gasteiger partial charge in [-0.2, -0.15) is 0 Å². The minimum Gasteiger partial charge on any atom is -0.507 e. The zero-order chi connectivity index (χ0) is 22.3. The fourth-order valence-electron chi connectivity index (χ4n) is 3.35. The first-order valence-corrected chi connectivity index (χ1v) is 10.1. The number of allylic oxidation sites excluding steroid dienone is 1. The minimum atomic E-state index is -0.633. The Morgan fingerprint density at radius 1 is 1.33 bits per heavy atom. The summed E-state index contributed by atoms with van der Waals surface area (Å²) < 4.78 is 22.5. The predicted octanol–water partition coefficient (Wildman–Crippen LogP) is 5.02. The number of benzene rings is 1. The van der Waals surface area contributed by atoms with E-state index in [1.54, 1.807) is 13.0 Å². The van der Waals surface area contributed by atoms with E-state index in [0.29, 0.717) is 17.7 Å². The van der Waals surface area contributed by atoms with E-state index < -0.39 is 17.9 Å². The fraction of sp³-hybridized carbons (Fsp3) is 0.458. The molecule has 3 atom stereocenters. The lowest BCUT2D eigenvalue weighted by molar-refractivity contribution is -0.143. The standard InChI is InChI=1S/C24H32O6/c1-7-9-12-20-21(30-24(4,5)29-20)13-10-11-16(3)28-23(26)22-17(8-2)14-18(27-6)15-19(22)25/h7-8,10,13-16,20-21,25H,1-2,9,11-12H2,3-6H3/b13-10+/t16-,20-,21?/m0/s1. The summed E-state index contributed by atoms with van der Waals surface area (Å²) in [6, 6.07) is 2.99. The average Bonchev–Trinajstić information content (AvgIpc) is 2.98. The molecule has 0 radical (unpaired) electrons. The van der Waals surface area contributed by atoms with Gasteiger partial charge in [0, 0.05) is 12.5 Å². The smallest absolute Gasteiger partial charge is 0.342 e. The summed E-state index contributed by atoms with van der Waals surface area (Å²) in [6.07, 6.45) is 8.79. The molecular formula is C24H32O6. The van der Waals surface area contributed by atoms with Crippen molar-refractivity contribution in [2.24, 2.45) is 0 Å². The van der Waals surface area contributed by atoms with Gasteiger partial charge in [-0.05, 0) is 45.2 Å². The van der Waals surface area contributed by atoms with Gasteiger partial charge < -0.3 is 24.1 Å². The predicted molar refractivity (Wildman–Crippen MR) is 117 cm³/mol. The molecule has 1 unspecified atom stereocenters. The third-order valence-corrected chi connectivity index (χ3v) is 4.76. The Bertz CT molecular complexity index is 795. The van der Waals surface area contributed by atoms with E-state index in [9.17, 15) is 9.90 Å². The molecule has 6 heteroatoms. The largest absolute Gasteiger partial charge is 0.507 e. The summed E-state index contributed by atoms with van der Waals surface area (Å²) in [6.45, 7) is 13.0. The van der Waals surface area contributed by atoms with Gasteiger partial charge in [0.25, 0.3) is 0 Å². The van der Waals surface area contributed by atoms with Crippen molar-refractivity contribution in [2.45, 2.75) is 64.1 Å². The van der Waals surface area contributed by atoms with Gasteiger partial charge in [0.1, 0.15) is 29.3 Å². The molecule has 0 saturated carbocycles. The van der Waals surface area contributed by atoms with Gasteiger partial charge in [-0.3, -0.25) is 0 Å². The molecule has 0 aromatic heterocycles. The van der Waals surface area contributed by atoms with Crippen LogP contribution in [0.15, 0.2) is 43.5 Å². The monoisotopic (exact) mass is 416 g/mol. The van der Waals surface area contributed by atoms with Gasteiger partial charge in [-0.25, -0.2) is 4.79 Å². The number of methoxy groups -OCH3 is 1. The van der Waals surface area contributed by atoms with Crippen LogP contribution in [0.25, 0.3) is 6.08 Å². The normalized spacial score (nSPS) is 21.3. The van der Waals surface area contributed by atoms with Crippen molar-refractivity contribution in [2.75, 3.05) is 7.11 Å². The summed E-state index contributed by atoms with van der Waals surface area (Å²) in [4.78, 5) is 12.6. The van der Waals surface area contributed by atoms with Crippen molar-refractivity contribution >= 4 is 12.0 Å². The van der Waals surface area contributed by atoms with Gasteiger partial charge in [0.2, 0.25) is 0 Å². The van der Waals surface area contributed by atoms with Gasteiger partial charge in [0.15, 0.2) is 5.79 Å². The zero-order valence-electron chi connectivity index (χ0n) is 18.2. The Labute approximate surface area is 178 Å². The van der Waals surface area contributed by atoms with Crippen LogP contribution in [-0.2, 0) is 14.2 Å². The molecule has 1 heterocycles. The first-order chi connectivity index (χ1) is 14.2. The number of rotatable bonds is 10. The first kappa shape index (κ1) is 23.7. The quantitative estimate of drug-likeness (QED) is 0.426. The fourth-order valence-corrected chi connectivity index (χ4v) is 3.35. The molecule has 1 fully saturated rings. The lowest BCUT2D eigenvalue weighted by Gasteiger charge is -2.16. The molecule has 2 rings (SSSR count). The molecule has 0 aliphatic carbocycles. The van der Waals surface area contributed by atoms with E-state index in [1.807, 2.05) is 32.1 Å². The third-order valence-electron chi connectivity index (χ3n) is 4.76. The van der Waals surface area contributed by atoms with Crippen molar-refractivity contribution in [3.8, 4) is 11.5 Å². The first-order valence-electron chi connectivity index (χ1n) is 10.1. The number of carbonyl (C=O) groups excluding carboxylic acids is 1. The average molecular weight is 417 g/mol. The van der Waals surface area contributed by atoms with Crippen LogP contribution in [0.4, 0.5) is 0 Å². The van der Waals surface area contributed by atoms with Crippen LogP contribution in [0.1, 0.15) is 56.0 Å². The number of ether oxygens (including phenoxy) is 4. The Morgan fingerprint density at radius 3 is 2.70 bits per heavy atom. The number of carbonyl (C=O) groups is 1. The molecular weight excluding hydrogens is 384 g/mol. The number of hydrogen-bond acceptors (Lipinski definition) is 6. The molecule has 1 N–H and O–H groups in total. The zero-order valence-corrected chi connectivity index (χ0v) is 18.2. The minimum absolute atomic E-state index is 0.0431. The third kappa shape index (κ3) is 6.21. The second-order valence-electron chi connectivity index (χ2n) is 7.70. The summed E-state index contributed by atoms with van der Waals surface area (Å²) in [7, 11) is 1.48. The van der Waals surface area contributed by atoms with E-state index >= 15 is 0 Å². The maximum absolute atomic E-state index is 12.6. The lowest BCUT2D eigenvalue weighted by Crippen LogP contribution is -2.21. The molecule has 1 saturated heterocycles. The van der Waals surface area contributed by atoms with E-state index in [-0.39, 0.29) is 23.5 Å². The van der Waals surface area contributed by atoms with Crippen LogP contribution >= 0.6 is 0 Å². The SMILES string of the molecule is C=CCC[C@@H]1OC(C)(C)OC1/C=C/C[C@H](C)OC(=O)c1c(O)cc(OC)cc1C=C. The second kappa shape index (κ2) is 10.5. The van der Waals surface area contributed by atoms with Crippen LogP contribution in [0.2, 0.25) is 0 Å². The number of aromatic hydroxyl groups is 1. The molecule has 1 aromatic carbocycles. The van der Waals surface area contributed by atoms with Crippen molar-refractivity contribution in [1.29, 1.82) is 0 Å². The summed E-state index contributed by atoms with van der Waals surface area (Å²) >= 11 is 0. The Kier molecular flexibility index (Phi) is 8.26. The molecule has 164 valence electrons. The number of esters is 1. The van der Waals surface area contributed by atoms with Crippen LogP contribution in [0, 0.1) is 0 Å². The topological polar surface area (TPSA) is 74.2 Å². The maximum Gasteiger partial charge on any atom is 0.342 e. The van der Waals surface area contributed by atoms with Gasteiger partial charge in [0.05, 0.1) is 13.2 Å². The van der Waals surface area contributed by atoms with E-state index in [0.717, 1.165) is 12.8 Å². The van der Waals surface area contributed by atoms with E-state index in [1.165, 1.54) is 19.3 Å². The van der Waals surface area contributed by atoms with Crippen LogP contribution in [-0.4, -0.2) is 42.3 Å². The summed E-state index contributed by atoms with van der Waals surface area (Å²) in [5.41, 5.74) is 0.517. The van der Waals surface area contributed by atoms with Crippen molar-refractivity contribution in [1.82, 2.24) is 0 Å². The Hall–Kier alpha value is -2.57. The highest BCUT2D eigenvalue weighted by atomic mass is 16.7. The van der Waals surface area contributed by atoms with Gasteiger partial charge in [-0.15, -0.1) is 6.58 Å². The van der Waals surface area contributed by atoms with Crippen LogP contribution < -0.4 is 4.74 Å². The van der Waals surface area contributed by atoms with Gasteiger partial charge >= 0.3 is 5.97 Å². The molecule has 1 aromatic rings. The van der Waals surface area contributed by atoms with E-state index in [2.05, 4.69) is 13.2 Å². The highest BCUT2D eigenvalue weighted by Gasteiger charge is 2.39. The maximum atomic E-state index is 12.6. The Morgan fingerprint density at radius 2 is 2.07 bits per heavy atom. The highest BCUT2D eigenvalue weighted by Crippen LogP contribution is 2.32. The van der Waals surface area contributed by atoms with Crippen LogP contribution in [0.3, 0.4) is 0 Å². The molecule has 0 spiro atoms. The van der Waals surface area contributed by atoms with Gasteiger partial charge in [-0.1, -0.05) is 30.9 Å². The number of phenolic OH excluding ortho intramolecular Hbond substituents is 1. The number of hydrogen-bond donors (Lipinski definition) is 1. The molecule has 30 heavy (non-hydrogen) atoms. The molecule has 0 bridgehead atoms.